The number of nitrogens with two attached hydrogens (primary N) is 1. The molecule has 1 aromatic carbocycles. The van der Waals surface area contributed by atoms with Gasteiger partial charge in [-0.1, -0.05) is 0 Å². The van der Waals surface area contributed by atoms with E-state index in [-0.39, 0.29) is 5.82 Å². The van der Waals surface area contributed by atoms with E-state index >= 15 is 0 Å². The average molecular weight is 234 g/mol. The zero-order valence-electron chi connectivity index (χ0n) is 10.0. The molecule has 3 heteroatoms. The standard InChI is InChI=1S/C14H19FN2/c15-12-5-10(3-4-16)6-14(8-12)17-9-11-1-2-13(17)7-11/h5-6,8,11,13H,1-4,7,9,16H2. The maximum Gasteiger partial charge on any atom is 0.125 e. The number of anilines is 1. The van der Waals surface area contributed by atoms with Gasteiger partial charge in [-0.3, -0.25) is 0 Å². The molecule has 2 bridgehead atoms. The quantitative estimate of drug-likeness (QED) is 0.869. The van der Waals surface area contributed by atoms with Crippen LogP contribution >= 0.6 is 0 Å². The van der Waals surface area contributed by atoms with Gasteiger partial charge in [-0.2, -0.15) is 0 Å². The molecule has 2 unspecified atom stereocenters. The Balaban J connectivity index is 1.87. The Kier molecular flexibility index (Phi) is 2.79. The minimum Gasteiger partial charge on any atom is -0.368 e. The fourth-order valence-electron chi connectivity index (χ4n) is 3.35. The SMILES string of the molecule is NCCc1cc(F)cc(N2CC3CCC2C3)c1. The van der Waals surface area contributed by atoms with Crippen LogP contribution in [0.25, 0.3) is 0 Å². The summed E-state index contributed by atoms with van der Waals surface area (Å²) in [4.78, 5) is 2.39. The van der Waals surface area contributed by atoms with Gasteiger partial charge in [0, 0.05) is 18.3 Å². The van der Waals surface area contributed by atoms with E-state index in [0.29, 0.717) is 12.6 Å². The minimum atomic E-state index is -0.131. The van der Waals surface area contributed by atoms with E-state index in [0.717, 1.165) is 30.1 Å². The monoisotopic (exact) mass is 234 g/mol. The van der Waals surface area contributed by atoms with Crippen LogP contribution in [0.1, 0.15) is 24.8 Å². The van der Waals surface area contributed by atoms with Gasteiger partial charge in [0.2, 0.25) is 0 Å². The van der Waals surface area contributed by atoms with Crippen molar-refractivity contribution in [1.82, 2.24) is 0 Å². The summed E-state index contributed by atoms with van der Waals surface area (Å²) < 4.78 is 13.6. The first kappa shape index (κ1) is 11.0. The topological polar surface area (TPSA) is 29.3 Å². The number of rotatable bonds is 3. The number of benzene rings is 1. The Hall–Kier alpha value is -1.09. The molecule has 1 saturated carbocycles. The molecule has 2 atom stereocenters. The largest absolute Gasteiger partial charge is 0.368 e. The Morgan fingerprint density at radius 1 is 1.29 bits per heavy atom. The predicted octanol–water partition coefficient (Wildman–Crippen LogP) is 2.32. The summed E-state index contributed by atoms with van der Waals surface area (Å²) in [5, 5.41) is 0. The Labute approximate surface area is 102 Å². The van der Waals surface area contributed by atoms with Crippen molar-refractivity contribution in [2.24, 2.45) is 11.7 Å². The van der Waals surface area contributed by atoms with Gasteiger partial charge >= 0.3 is 0 Å². The highest BCUT2D eigenvalue weighted by Gasteiger charge is 2.37. The first-order valence-corrected chi connectivity index (χ1v) is 6.52. The molecule has 1 heterocycles. The summed E-state index contributed by atoms with van der Waals surface area (Å²) in [5.41, 5.74) is 7.61. The maximum absolute atomic E-state index is 13.6. The number of halogens is 1. The fourth-order valence-corrected chi connectivity index (χ4v) is 3.35. The van der Waals surface area contributed by atoms with Gasteiger partial charge < -0.3 is 10.6 Å². The first-order valence-electron chi connectivity index (χ1n) is 6.52. The third-order valence-electron chi connectivity index (χ3n) is 4.12. The second kappa shape index (κ2) is 4.30. The summed E-state index contributed by atoms with van der Waals surface area (Å²) in [6, 6.07) is 6.02. The van der Waals surface area contributed by atoms with Crippen LogP contribution in [0.5, 0.6) is 0 Å². The van der Waals surface area contributed by atoms with Gasteiger partial charge in [0.1, 0.15) is 5.82 Å². The molecule has 1 aromatic rings. The molecule has 1 saturated heterocycles. The van der Waals surface area contributed by atoms with E-state index in [1.165, 1.54) is 19.3 Å². The molecule has 0 aromatic heterocycles. The molecule has 2 aliphatic rings. The summed E-state index contributed by atoms with van der Waals surface area (Å²) >= 11 is 0. The second-order valence-corrected chi connectivity index (χ2v) is 5.34. The lowest BCUT2D eigenvalue weighted by Gasteiger charge is -2.29. The van der Waals surface area contributed by atoms with Crippen molar-refractivity contribution in [3.05, 3.63) is 29.6 Å². The highest BCUT2D eigenvalue weighted by Crippen LogP contribution is 2.40. The summed E-state index contributed by atoms with van der Waals surface area (Å²) in [5.74, 6) is 0.704. The summed E-state index contributed by atoms with van der Waals surface area (Å²) in [6.45, 7) is 1.69. The van der Waals surface area contributed by atoms with E-state index in [1.54, 1.807) is 12.1 Å². The highest BCUT2D eigenvalue weighted by molar-refractivity contribution is 5.51. The predicted molar refractivity (Wildman–Crippen MR) is 67.6 cm³/mol. The molecule has 0 amide bonds. The molecule has 1 aliphatic heterocycles. The number of hydrogen-bond donors (Lipinski definition) is 1. The molecular weight excluding hydrogens is 215 g/mol. The van der Waals surface area contributed by atoms with Crippen LogP contribution in [0.15, 0.2) is 18.2 Å². The van der Waals surface area contributed by atoms with Gasteiger partial charge in [-0.05, 0) is 61.9 Å². The fraction of sp³-hybridized carbons (Fsp3) is 0.571. The van der Waals surface area contributed by atoms with Gasteiger partial charge in [0.05, 0.1) is 0 Å². The van der Waals surface area contributed by atoms with Crippen LogP contribution in [-0.4, -0.2) is 19.1 Å². The zero-order valence-corrected chi connectivity index (χ0v) is 10.0. The lowest BCUT2D eigenvalue weighted by molar-refractivity contribution is 0.551. The number of nitrogens with zero attached hydrogens (tertiary/aromatic N) is 1. The van der Waals surface area contributed by atoms with Crippen LogP contribution in [-0.2, 0) is 6.42 Å². The molecule has 92 valence electrons. The molecule has 3 rings (SSSR count). The Bertz CT molecular complexity index is 419. The highest BCUT2D eigenvalue weighted by atomic mass is 19.1. The lowest BCUT2D eigenvalue weighted by atomic mass is 10.1. The van der Waals surface area contributed by atoms with Crippen molar-refractivity contribution in [3.8, 4) is 0 Å². The van der Waals surface area contributed by atoms with Crippen molar-refractivity contribution >= 4 is 5.69 Å². The zero-order chi connectivity index (χ0) is 11.8. The number of fused-ring (bicyclic) bond motifs is 2. The van der Waals surface area contributed by atoms with Gasteiger partial charge in [-0.25, -0.2) is 4.39 Å². The molecule has 2 nitrogen and oxygen atoms in total. The van der Waals surface area contributed by atoms with Crippen molar-refractivity contribution in [3.63, 3.8) is 0 Å². The van der Waals surface area contributed by atoms with E-state index in [4.69, 9.17) is 5.73 Å². The summed E-state index contributed by atoms with van der Waals surface area (Å²) in [6.07, 6.45) is 4.68. The Morgan fingerprint density at radius 2 is 2.18 bits per heavy atom. The third-order valence-corrected chi connectivity index (χ3v) is 4.12. The van der Waals surface area contributed by atoms with E-state index < -0.39 is 0 Å². The molecule has 1 aliphatic carbocycles. The smallest absolute Gasteiger partial charge is 0.125 e. The third kappa shape index (κ3) is 2.04. The molecule has 0 spiro atoms. The van der Waals surface area contributed by atoms with Crippen molar-refractivity contribution in [1.29, 1.82) is 0 Å². The van der Waals surface area contributed by atoms with E-state index in [1.807, 2.05) is 0 Å². The normalized spacial score (nSPS) is 26.8. The number of hydrogen-bond acceptors (Lipinski definition) is 2. The minimum absolute atomic E-state index is 0.131. The molecule has 17 heavy (non-hydrogen) atoms. The lowest BCUT2D eigenvalue weighted by Crippen LogP contribution is -2.31. The maximum atomic E-state index is 13.6. The molecular formula is C14H19FN2. The molecule has 2 fully saturated rings. The van der Waals surface area contributed by atoms with Crippen LogP contribution in [0.2, 0.25) is 0 Å². The molecule has 2 N–H and O–H groups in total. The number of piperidine rings is 1. The van der Waals surface area contributed by atoms with Crippen LogP contribution in [0.4, 0.5) is 10.1 Å². The van der Waals surface area contributed by atoms with Crippen LogP contribution < -0.4 is 10.6 Å². The second-order valence-electron chi connectivity index (χ2n) is 5.34. The van der Waals surface area contributed by atoms with Gasteiger partial charge in [0.15, 0.2) is 0 Å². The van der Waals surface area contributed by atoms with Crippen LogP contribution in [0, 0.1) is 11.7 Å². The van der Waals surface area contributed by atoms with Crippen molar-refractivity contribution in [2.45, 2.75) is 31.7 Å². The van der Waals surface area contributed by atoms with Gasteiger partial charge in [-0.15, -0.1) is 0 Å². The van der Waals surface area contributed by atoms with Crippen LogP contribution in [0.3, 0.4) is 0 Å². The van der Waals surface area contributed by atoms with E-state index in [2.05, 4.69) is 11.0 Å². The summed E-state index contributed by atoms with van der Waals surface area (Å²) in [7, 11) is 0. The van der Waals surface area contributed by atoms with Crippen molar-refractivity contribution < 1.29 is 4.39 Å². The van der Waals surface area contributed by atoms with E-state index in [9.17, 15) is 4.39 Å². The Morgan fingerprint density at radius 3 is 2.82 bits per heavy atom. The van der Waals surface area contributed by atoms with Gasteiger partial charge in [0.25, 0.3) is 0 Å². The first-order chi connectivity index (χ1) is 8.26. The average Bonchev–Trinajstić information content (AvgIpc) is 2.90. The van der Waals surface area contributed by atoms with Crippen molar-refractivity contribution in [2.75, 3.05) is 18.0 Å². The molecule has 0 radical (unpaired) electrons.